The van der Waals surface area contributed by atoms with Crippen molar-refractivity contribution < 1.29 is 24.2 Å². The second-order valence-corrected chi connectivity index (χ2v) is 7.02. The lowest BCUT2D eigenvalue weighted by molar-refractivity contribution is -0.127. The van der Waals surface area contributed by atoms with E-state index in [9.17, 15) is 19.5 Å². The summed E-state index contributed by atoms with van der Waals surface area (Å²) in [4.78, 5) is 38.1. The van der Waals surface area contributed by atoms with Gasteiger partial charge in [-0.15, -0.1) is 6.58 Å². The largest absolute Gasteiger partial charge is 0.504 e. The molecule has 160 valence electrons. The monoisotopic (exact) mass is 421 g/mol. The third-order valence-corrected chi connectivity index (χ3v) is 4.64. The second-order valence-electron chi connectivity index (χ2n) is 7.02. The number of methoxy groups -OCH3 is 1. The van der Waals surface area contributed by atoms with Gasteiger partial charge in [0.05, 0.1) is 7.11 Å². The number of hydrogen-bond donors (Lipinski definition) is 3. The Morgan fingerprint density at radius 3 is 2.74 bits per heavy atom. The number of urea groups is 1. The van der Waals surface area contributed by atoms with Gasteiger partial charge in [-0.25, -0.2) is 9.69 Å². The van der Waals surface area contributed by atoms with Crippen molar-refractivity contribution in [2.24, 2.45) is 0 Å². The van der Waals surface area contributed by atoms with E-state index in [-0.39, 0.29) is 17.2 Å². The van der Waals surface area contributed by atoms with Gasteiger partial charge in [-0.05, 0) is 54.8 Å². The number of ether oxygens (including phenoxy) is 1. The summed E-state index contributed by atoms with van der Waals surface area (Å²) in [7, 11) is 1.42. The van der Waals surface area contributed by atoms with Crippen molar-refractivity contribution in [3.05, 3.63) is 71.4 Å². The fourth-order valence-electron chi connectivity index (χ4n) is 3.19. The van der Waals surface area contributed by atoms with Crippen molar-refractivity contribution in [1.82, 2.24) is 10.2 Å². The molecule has 3 rings (SSSR count). The van der Waals surface area contributed by atoms with Gasteiger partial charge in [-0.3, -0.25) is 9.59 Å². The van der Waals surface area contributed by atoms with Crippen LogP contribution in [-0.4, -0.2) is 41.5 Å². The van der Waals surface area contributed by atoms with Crippen molar-refractivity contribution in [3.63, 3.8) is 0 Å². The van der Waals surface area contributed by atoms with Crippen LogP contribution >= 0.6 is 0 Å². The minimum absolute atomic E-state index is 0.0132. The molecule has 1 fully saturated rings. The number of anilines is 1. The molecule has 0 aliphatic carbocycles. The zero-order valence-electron chi connectivity index (χ0n) is 17.3. The molecule has 2 aromatic carbocycles. The highest BCUT2D eigenvalue weighted by Gasteiger charge is 2.35. The normalized spacial score (nSPS) is 14.5. The SMILES string of the molecule is C=CCc1cc(/C=C2/NC(=O)N(CC(=O)Nc3cccc(C)c3)C2=O)cc(OC)c1O. The lowest BCUT2D eigenvalue weighted by Crippen LogP contribution is -2.38. The molecule has 1 aliphatic heterocycles. The van der Waals surface area contributed by atoms with Crippen LogP contribution in [0.3, 0.4) is 0 Å². The van der Waals surface area contributed by atoms with E-state index >= 15 is 0 Å². The Bertz CT molecular complexity index is 1090. The predicted octanol–water partition coefficient (Wildman–Crippen LogP) is 2.97. The van der Waals surface area contributed by atoms with E-state index in [2.05, 4.69) is 17.2 Å². The molecule has 31 heavy (non-hydrogen) atoms. The van der Waals surface area contributed by atoms with Crippen LogP contribution < -0.4 is 15.4 Å². The van der Waals surface area contributed by atoms with Crippen molar-refractivity contribution in [2.45, 2.75) is 13.3 Å². The van der Waals surface area contributed by atoms with Crippen LogP contribution in [-0.2, 0) is 16.0 Å². The second kappa shape index (κ2) is 9.17. The Balaban J connectivity index is 1.78. The topological polar surface area (TPSA) is 108 Å². The molecule has 0 bridgehead atoms. The fraction of sp³-hybridized carbons (Fsp3) is 0.174. The first-order valence-corrected chi connectivity index (χ1v) is 9.54. The van der Waals surface area contributed by atoms with E-state index in [1.54, 1.807) is 36.4 Å². The van der Waals surface area contributed by atoms with E-state index in [0.717, 1.165) is 10.5 Å². The molecule has 8 nitrogen and oxygen atoms in total. The number of aryl methyl sites for hydroxylation is 1. The summed E-state index contributed by atoms with van der Waals surface area (Å²) >= 11 is 0. The van der Waals surface area contributed by atoms with Crippen molar-refractivity contribution in [1.29, 1.82) is 0 Å². The highest BCUT2D eigenvalue weighted by Crippen LogP contribution is 2.33. The van der Waals surface area contributed by atoms with Crippen molar-refractivity contribution >= 4 is 29.6 Å². The molecule has 4 amide bonds. The molecule has 1 heterocycles. The number of phenols is 1. The molecule has 1 aliphatic rings. The van der Waals surface area contributed by atoms with E-state index in [0.29, 0.717) is 23.2 Å². The molecule has 0 spiro atoms. The number of carbonyl (C=O) groups is 3. The Morgan fingerprint density at radius 2 is 2.06 bits per heavy atom. The third kappa shape index (κ3) is 4.92. The van der Waals surface area contributed by atoms with Crippen molar-refractivity contribution in [2.75, 3.05) is 19.0 Å². The summed E-state index contributed by atoms with van der Waals surface area (Å²) in [6.07, 6.45) is 3.49. The van der Waals surface area contributed by atoms with Crippen LogP contribution in [0.4, 0.5) is 10.5 Å². The predicted molar refractivity (Wildman–Crippen MR) is 117 cm³/mol. The lowest BCUT2D eigenvalue weighted by Gasteiger charge is -2.12. The number of allylic oxidation sites excluding steroid dienone is 1. The van der Waals surface area contributed by atoms with Crippen LogP contribution in [0.15, 0.2) is 54.8 Å². The maximum Gasteiger partial charge on any atom is 0.329 e. The fourth-order valence-corrected chi connectivity index (χ4v) is 3.19. The van der Waals surface area contributed by atoms with Crippen molar-refractivity contribution in [3.8, 4) is 11.5 Å². The highest BCUT2D eigenvalue weighted by molar-refractivity contribution is 6.16. The molecule has 0 unspecified atom stereocenters. The average molecular weight is 421 g/mol. The summed E-state index contributed by atoms with van der Waals surface area (Å²) in [6, 6.07) is 9.72. The van der Waals surface area contributed by atoms with Crippen LogP contribution in [0.25, 0.3) is 6.08 Å². The van der Waals surface area contributed by atoms with Gasteiger partial charge in [0.25, 0.3) is 5.91 Å². The Labute approximate surface area is 179 Å². The summed E-state index contributed by atoms with van der Waals surface area (Å²) in [5.74, 6) is -0.894. The number of benzene rings is 2. The van der Waals surface area contributed by atoms with Gasteiger partial charge in [-0.2, -0.15) is 0 Å². The van der Waals surface area contributed by atoms with E-state index in [4.69, 9.17) is 4.74 Å². The molecule has 0 aromatic heterocycles. The Kier molecular flexibility index (Phi) is 6.40. The molecule has 3 N–H and O–H groups in total. The van der Waals surface area contributed by atoms with E-state index in [1.807, 2.05) is 13.0 Å². The molecule has 2 aromatic rings. The number of nitrogens with zero attached hydrogens (tertiary/aromatic N) is 1. The highest BCUT2D eigenvalue weighted by atomic mass is 16.5. The number of imide groups is 1. The smallest absolute Gasteiger partial charge is 0.329 e. The number of nitrogens with one attached hydrogen (secondary N) is 2. The first kappa shape index (κ1) is 21.6. The van der Waals surface area contributed by atoms with Crippen LogP contribution in [0.2, 0.25) is 0 Å². The van der Waals surface area contributed by atoms with Gasteiger partial charge in [0, 0.05) is 11.3 Å². The number of amides is 4. The number of rotatable bonds is 7. The average Bonchev–Trinajstić information content (AvgIpc) is 2.97. The van der Waals surface area contributed by atoms with Gasteiger partial charge in [-0.1, -0.05) is 18.2 Å². The molecule has 8 heteroatoms. The molecule has 0 radical (unpaired) electrons. The molecule has 1 saturated heterocycles. The summed E-state index contributed by atoms with van der Waals surface area (Å²) in [5, 5.41) is 15.3. The standard InChI is InChI=1S/C23H23N3O5/c1-4-6-16-10-15(12-19(31-3)21(16)28)11-18-22(29)26(23(30)25-18)13-20(27)24-17-8-5-7-14(2)9-17/h4-5,7-12,28H,1,6,13H2,2-3H3,(H,24,27)(H,25,30)/b18-11+. The Morgan fingerprint density at radius 1 is 1.29 bits per heavy atom. The molecular formula is C23H23N3O5. The van der Waals surface area contributed by atoms with Gasteiger partial charge >= 0.3 is 6.03 Å². The minimum Gasteiger partial charge on any atom is -0.504 e. The van der Waals surface area contributed by atoms with Crippen LogP contribution in [0.5, 0.6) is 11.5 Å². The first-order chi connectivity index (χ1) is 14.8. The van der Waals surface area contributed by atoms with Gasteiger partial charge in [0.15, 0.2) is 11.5 Å². The molecule has 0 saturated carbocycles. The summed E-state index contributed by atoms with van der Waals surface area (Å²) < 4.78 is 5.17. The number of aromatic hydroxyl groups is 1. The zero-order valence-corrected chi connectivity index (χ0v) is 17.3. The van der Waals surface area contributed by atoms with E-state index < -0.39 is 24.4 Å². The van der Waals surface area contributed by atoms with Crippen LogP contribution in [0.1, 0.15) is 16.7 Å². The molecule has 0 atom stereocenters. The minimum atomic E-state index is -0.687. The third-order valence-electron chi connectivity index (χ3n) is 4.64. The van der Waals surface area contributed by atoms with Crippen LogP contribution in [0, 0.1) is 6.92 Å². The number of phenolic OH excluding ortho intramolecular Hbond substituents is 1. The number of carbonyl (C=O) groups excluding carboxylic acids is 3. The molecular weight excluding hydrogens is 398 g/mol. The lowest BCUT2D eigenvalue weighted by atomic mass is 10.0. The maximum atomic E-state index is 12.7. The quantitative estimate of drug-likeness (QED) is 0.362. The zero-order chi connectivity index (χ0) is 22.5. The van der Waals surface area contributed by atoms with Gasteiger partial charge in [0.2, 0.25) is 5.91 Å². The maximum absolute atomic E-state index is 12.7. The van der Waals surface area contributed by atoms with Gasteiger partial charge < -0.3 is 20.5 Å². The van der Waals surface area contributed by atoms with E-state index in [1.165, 1.54) is 13.2 Å². The summed E-state index contributed by atoms with van der Waals surface area (Å²) in [5.41, 5.74) is 2.68. The first-order valence-electron chi connectivity index (χ1n) is 9.54. The number of hydrogen-bond acceptors (Lipinski definition) is 5. The Hall–Kier alpha value is -4.07. The summed E-state index contributed by atoms with van der Waals surface area (Å²) in [6.45, 7) is 5.13. The van der Waals surface area contributed by atoms with Gasteiger partial charge in [0.1, 0.15) is 12.2 Å².